The lowest BCUT2D eigenvalue weighted by atomic mass is 10.1. The van der Waals surface area contributed by atoms with Crippen molar-refractivity contribution in [3.63, 3.8) is 0 Å². The van der Waals surface area contributed by atoms with Gasteiger partial charge in [0.2, 0.25) is 0 Å². The van der Waals surface area contributed by atoms with Crippen LogP contribution in [0.4, 0.5) is 0 Å². The highest BCUT2D eigenvalue weighted by atomic mass is 31.2. The van der Waals surface area contributed by atoms with Crippen LogP contribution >= 0.6 is 7.82 Å². The maximum absolute atomic E-state index is 12.9. The first kappa shape index (κ1) is 66.9. The summed E-state index contributed by atoms with van der Waals surface area (Å²) < 4.78 is 39.4. The quantitative estimate of drug-likeness (QED) is 0.0197. The van der Waals surface area contributed by atoms with Gasteiger partial charge in [-0.1, -0.05) is 190 Å². The Morgan fingerprint density at radius 3 is 1.23 bits per heavy atom. The van der Waals surface area contributed by atoms with Crippen molar-refractivity contribution >= 4 is 25.7 Å². The highest BCUT2D eigenvalue weighted by Crippen LogP contribution is 2.43. The molecule has 404 valence electrons. The molecule has 3 unspecified atom stereocenters. The van der Waals surface area contributed by atoms with Crippen LogP contribution in [0.2, 0.25) is 0 Å². The minimum absolute atomic E-state index is 0.139. The molecular formula is C58H101O11P. The standard InChI is InChI=1S/C58H101O11P/c1-4-7-10-13-16-19-22-25-26-27-28-31-34-37-40-43-46-49-58(62)69-55(51-65-56(60)47-44-41-38-35-32-29-23-20-17-14-11-8-5-2)53-67-70(63,64)66-52-54(50-59)68-57(61)48-45-42-39-36-33-30-24-21-18-15-12-9-6-3/h9,11-12,14,18,20-21,23,25-26,30,33,54-55,59H,4-8,10,13,15-17,19,22,24,27-29,31-32,34-53H2,1-3H3,(H,63,64)/b12-9-,14-11-,21-18-,23-20-,26-25-,33-30-. The molecule has 0 rings (SSSR count). The van der Waals surface area contributed by atoms with Gasteiger partial charge >= 0.3 is 25.7 Å². The SMILES string of the molecule is CC/C=C\C/C=C\C/C=C\CCCCCC(=O)OC(CO)COP(=O)(O)OCC(COC(=O)CCCCCCC/C=C\C/C=C\CCC)OC(=O)CCCCCCCCC/C=C\CCCCCCCC. The number of esters is 3. The third-order valence-electron chi connectivity index (χ3n) is 11.6. The topological polar surface area (TPSA) is 155 Å². The monoisotopic (exact) mass is 1000 g/mol. The smallest absolute Gasteiger partial charge is 0.462 e. The van der Waals surface area contributed by atoms with Gasteiger partial charge in [-0.25, -0.2) is 4.57 Å². The number of phosphoric ester groups is 1. The first-order valence-electron chi connectivity index (χ1n) is 27.8. The summed E-state index contributed by atoms with van der Waals surface area (Å²) in [6, 6.07) is 0. The second kappa shape index (κ2) is 52.2. The molecule has 0 aliphatic heterocycles. The zero-order chi connectivity index (χ0) is 51.3. The summed E-state index contributed by atoms with van der Waals surface area (Å²) in [5, 5.41) is 9.78. The summed E-state index contributed by atoms with van der Waals surface area (Å²) in [6.07, 6.45) is 57.2. The van der Waals surface area contributed by atoms with E-state index in [4.69, 9.17) is 23.3 Å². The number of unbranched alkanes of at least 4 members (excludes halogenated alkanes) is 22. The van der Waals surface area contributed by atoms with Crippen LogP contribution in [0.15, 0.2) is 72.9 Å². The normalized spacial score (nSPS) is 14.0. The van der Waals surface area contributed by atoms with Gasteiger partial charge < -0.3 is 24.2 Å². The lowest BCUT2D eigenvalue weighted by molar-refractivity contribution is -0.161. The fourth-order valence-corrected chi connectivity index (χ4v) is 8.13. The van der Waals surface area contributed by atoms with Crippen molar-refractivity contribution in [1.82, 2.24) is 0 Å². The van der Waals surface area contributed by atoms with E-state index in [1.54, 1.807) is 0 Å². The predicted molar refractivity (Wildman–Crippen MR) is 288 cm³/mol. The van der Waals surface area contributed by atoms with Gasteiger partial charge in [0.05, 0.1) is 19.8 Å². The molecule has 0 aliphatic rings. The van der Waals surface area contributed by atoms with Crippen molar-refractivity contribution in [1.29, 1.82) is 0 Å². The van der Waals surface area contributed by atoms with Crippen LogP contribution in [0, 0.1) is 0 Å². The highest BCUT2D eigenvalue weighted by Gasteiger charge is 2.28. The number of hydrogen-bond donors (Lipinski definition) is 2. The summed E-state index contributed by atoms with van der Waals surface area (Å²) in [5.41, 5.74) is 0. The maximum atomic E-state index is 12.9. The van der Waals surface area contributed by atoms with Crippen LogP contribution in [0.25, 0.3) is 0 Å². The van der Waals surface area contributed by atoms with Gasteiger partial charge in [0.1, 0.15) is 12.7 Å². The van der Waals surface area contributed by atoms with E-state index in [2.05, 4.69) is 93.7 Å². The van der Waals surface area contributed by atoms with Gasteiger partial charge in [-0.15, -0.1) is 0 Å². The first-order valence-corrected chi connectivity index (χ1v) is 29.3. The van der Waals surface area contributed by atoms with Gasteiger partial charge in [-0.3, -0.25) is 23.4 Å². The summed E-state index contributed by atoms with van der Waals surface area (Å²) in [5.74, 6) is -1.52. The fraction of sp³-hybridized carbons (Fsp3) is 0.741. The third kappa shape index (κ3) is 49.9. The van der Waals surface area contributed by atoms with Gasteiger partial charge in [0.25, 0.3) is 0 Å². The van der Waals surface area contributed by atoms with Crippen LogP contribution < -0.4 is 0 Å². The van der Waals surface area contributed by atoms with Gasteiger partial charge in [-0.2, -0.15) is 0 Å². The van der Waals surface area contributed by atoms with E-state index in [0.717, 1.165) is 116 Å². The molecule has 0 aromatic heterocycles. The molecule has 0 aliphatic carbocycles. The van der Waals surface area contributed by atoms with Crippen molar-refractivity contribution in [2.24, 2.45) is 0 Å². The van der Waals surface area contributed by atoms with Crippen LogP contribution in [0.5, 0.6) is 0 Å². The van der Waals surface area contributed by atoms with Crippen molar-refractivity contribution in [3.8, 4) is 0 Å². The molecule has 0 saturated heterocycles. The van der Waals surface area contributed by atoms with Crippen LogP contribution in [-0.4, -0.2) is 66.5 Å². The zero-order valence-corrected chi connectivity index (χ0v) is 45.4. The van der Waals surface area contributed by atoms with Crippen molar-refractivity contribution in [2.45, 2.75) is 251 Å². The zero-order valence-electron chi connectivity index (χ0n) is 44.5. The van der Waals surface area contributed by atoms with E-state index in [9.17, 15) is 28.9 Å². The molecule has 70 heavy (non-hydrogen) atoms. The van der Waals surface area contributed by atoms with Gasteiger partial charge in [0, 0.05) is 19.3 Å². The minimum atomic E-state index is -4.76. The molecule has 0 bridgehead atoms. The molecule has 0 aromatic rings. The minimum Gasteiger partial charge on any atom is -0.462 e. The van der Waals surface area contributed by atoms with E-state index in [1.807, 2.05) is 0 Å². The Hall–Kier alpha value is -3.08. The summed E-state index contributed by atoms with van der Waals surface area (Å²) in [6.45, 7) is 4.41. The average molecular weight is 1010 g/mol. The molecule has 0 fully saturated rings. The van der Waals surface area contributed by atoms with Crippen molar-refractivity contribution < 1.29 is 52.2 Å². The second-order valence-corrected chi connectivity index (χ2v) is 19.8. The van der Waals surface area contributed by atoms with Gasteiger partial charge in [0.15, 0.2) is 6.10 Å². The second-order valence-electron chi connectivity index (χ2n) is 18.4. The largest absolute Gasteiger partial charge is 0.472 e. The third-order valence-corrected chi connectivity index (χ3v) is 12.5. The lowest BCUT2D eigenvalue weighted by Gasteiger charge is -2.21. The molecule has 11 nitrogen and oxygen atoms in total. The van der Waals surface area contributed by atoms with E-state index in [-0.39, 0.29) is 25.9 Å². The average Bonchev–Trinajstić information content (AvgIpc) is 3.35. The number of carbonyl (C=O) groups excluding carboxylic acids is 3. The number of carbonyl (C=O) groups is 3. The number of aliphatic hydroxyl groups excluding tert-OH is 1. The Kier molecular flexibility index (Phi) is 50.0. The predicted octanol–water partition coefficient (Wildman–Crippen LogP) is 16.1. The van der Waals surface area contributed by atoms with Crippen LogP contribution in [0.1, 0.15) is 239 Å². The molecule has 3 atom stereocenters. The number of phosphoric acid groups is 1. The molecule has 0 saturated carbocycles. The Bertz CT molecular complexity index is 1450. The molecule has 0 spiro atoms. The number of allylic oxidation sites excluding steroid dienone is 12. The molecule has 0 heterocycles. The van der Waals surface area contributed by atoms with Crippen LogP contribution in [-0.2, 0) is 42.2 Å². The van der Waals surface area contributed by atoms with E-state index < -0.39 is 57.8 Å². The number of hydrogen-bond acceptors (Lipinski definition) is 10. The number of rotatable bonds is 51. The Morgan fingerprint density at radius 1 is 0.414 bits per heavy atom. The molecule has 0 aromatic carbocycles. The Morgan fingerprint density at radius 2 is 0.771 bits per heavy atom. The molecule has 0 radical (unpaired) electrons. The van der Waals surface area contributed by atoms with E-state index in [0.29, 0.717) is 19.3 Å². The van der Waals surface area contributed by atoms with Gasteiger partial charge in [-0.05, 0) is 103 Å². The summed E-state index contributed by atoms with van der Waals surface area (Å²) in [4.78, 5) is 48.4. The highest BCUT2D eigenvalue weighted by molar-refractivity contribution is 7.47. The van der Waals surface area contributed by atoms with Crippen molar-refractivity contribution in [2.75, 3.05) is 26.4 Å². The Balaban J connectivity index is 4.77. The molecule has 0 amide bonds. The first-order chi connectivity index (χ1) is 34.2. The van der Waals surface area contributed by atoms with Crippen LogP contribution in [0.3, 0.4) is 0 Å². The number of aliphatic hydroxyl groups is 1. The van der Waals surface area contributed by atoms with Crippen molar-refractivity contribution in [3.05, 3.63) is 72.9 Å². The van der Waals surface area contributed by atoms with E-state index in [1.165, 1.54) is 64.2 Å². The summed E-state index contributed by atoms with van der Waals surface area (Å²) in [7, 11) is -4.76. The fourth-order valence-electron chi connectivity index (χ4n) is 7.34. The lowest BCUT2D eigenvalue weighted by Crippen LogP contribution is -2.30. The molecular weight excluding hydrogens is 904 g/mol. The Labute approximate surface area is 427 Å². The summed E-state index contributed by atoms with van der Waals surface area (Å²) >= 11 is 0. The maximum Gasteiger partial charge on any atom is 0.472 e. The number of ether oxygens (including phenoxy) is 3. The molecule has 12 heteroatoms. The molecule has 2 N–H and O–H groups in total. The van der Waals surface area contributed by atoms with E-state index >= 15 is 0 Å².